The summed E-state index contributed by atoms with van der Waals surface area (Å²) in [5.41, 5.74) is 3.13. The van der Waals surface area contributed by atoms with Gasteiger partial charge in [-0.15, -0.1) is 11.3 Å². The minimum Gasteiger partial charge on any atom is -0.356 e. The molecule has 0 aliphatic carbocycles. The highest BCUT2D eigenvalue weighted by Gasteiger charge is 2.08. The fraction of sp³-hybridized carbons (Fsp3) is 0.444. The Morgan fingerprint density at radius 1 is 1.25 bits per heavy atom. The van der Waals surface area contributed by atoms with Crippen molar-refractivity contribution >= 4 is 28.1 Å². The Morgan fingerprint density at radius 2 is 2.00 bits per heavy atom. The van der Waals surface area contributed by atoms with Crippen molar-refractivity contribution in [2.45, 2.75) is 26.2 Å². The lowest BCUT2D eigenvalue weighted by atomic mass is 10.1. The maximum absolute atomic E-state index is 11.9. The van der Waals surface area contributed by atoms with Crippen LogP contribution < -0.4 is 10.6 Å². The Balaban J connectivity index is 1.78. The summed E-state index contributed by atoms with van der Waals surface area (Å²) in [6.45, 7) is 3.82. The third-order valence-electron chi connectivity index (χ3n) is 3.61. The number of hydrogen-bond donors (Lipinski definition) is 2. The summed E-state index contributed by atoms with van der Waals surface area (Å²) in [5, 5.41) is 8.97. The van der Waals surface area contributed by atoms with E-state index in [9.17, 15) is 4.79 Å². The van der Waals surface area contributed by atoms with E-state index in [2.05, 4.69) is 51.7 Å². The maximum atomic E-state index is 11.9. The van der Waals surface area contributed by atoms with Crippen molar-refractivity contribution in [2.75, 3.05) is 32.5 Å². The first-order chi connectivity index (χ1) is 11.6. The first kappa shape index (κ1) is 18.4. The average Bonchev–Trinajstić information content (AvgIpc) is 2.99. The normalized spacial score (nSPS) is 10.8. The summed E-state index contributed by atoms with van der Waals surface area (Å²) >= 11 is 1.52. The molecule has 0 aliphatic rings. The van der Waals surface area contributed by atoms with Gasteiger partial charge in [0.25, 0.3) is 0 Å². The molecular formula is C18H26N4OS. The summed E-state index contributed by atoms with van der Waals surface area (Å²) < 4.78 is 0. The van der Waals surface area contributed by atoms with Crippen molar-refractivity contribution in [1.29, 1.82) is 0 Å². The van der Waals surface area contributed by atoms with Gasteiger partial charge >= 0.3 is 0 Å². The molecule has 0 saturated carbocycles. The predicted octanol–water partition coefficient (Wildman–Crippen LogP) is 3.06. The number of nitrogens with zero attached hydrogens (tertiary/aromatic N) is 2. The second-order valence-electron chi connectivity index (χ2n) is 6.00. The van der Waals surface area contributed by atoms with Gasteiger partial charge in [0.2, 0.25) is 5.91 Å². The van der Waals surface area contributed by atoms with E-state index in [1.54, 1.807) is 0 Å². The van der Waals surface area contributed by atoms with Crippen LogP contribution in [0, 0.1) is 0 Å². The van der Waals surface area contributed by atoms with E-state index >= 15 is 0 Å². The van der Waals surface area contributed by atoms with Crippen LogP contribution in [0.2, 0.25) is 0 Å². The highest BCUT2D eigenvalue weighted by molar-refractivity contribution is 7.13. The SMILES string of the molecule is CCc1ccc(Nc2nc(CC(=O)NCCCN(C)C)cs2)cc1. The molecule has 0 unspecified atom stereocenters. The van der Waals surface area contributed by atoms with Gasteiger partial charge in [-0.1, -0.05) is 19.1 Å². The van der Waals surface area contributed by atoms with Crippen LogP contribution in [0.25, 0.3) is 0 Å². The van der Waals surface area contributed by atoms with Crippen LogP contribution in [0.4, 0.5) is 10.8 Å². The van der Waals surface area contributed by atoms with Gasteiger partial charge in [0.15, 0.2) is 5.13 Å². The first-order valence-corrected chi connectivity index (χ1v) is 9.16. The van der Waals surface area contributed by atoms with Crippen LogP contribution in [0.1, 0.15) is 24.6 Å². The third kappa shape index (κ3) is 6.29. The topological polar surface area (TPSA) is 57.3 Å². The summed E-state index contributed by atoms with van der Waals surface area (Å²) in [6.07, 6.45) is 2.32. The summed E-state index contributed by atoms with van der Waals surface area (Å²) in [7, 11) is 4.06. The van der Waals surface area contributed by atoms with Crippen molar-refractivity contribution in [3.05, 3.63) is 40.9 Å². The van der Waals surface area contributed by atoms with E-state index in [-0.39, 0.29) is 5.91 Å². The molecule has 0 spiro atoms. The summed E-state index contributed by atoms with van der Waals surface area (Å²) in [4.78, 5) is 18.5. The van der Waals surface area contributed by atoms with E-state index in [0.29, 0.717) is 13.0 Å². The second kappa shape index (κ2) is 9.39. The number of rotatable bonds is 9. The number of amides is 1. The third-order valence-corrected chi connectivity index (χ3v) is 4.42. The monoisotopic (exact) mass is 346 g/mol. The van der Waals surface area contributed by atoms with Crippen molar-refractivity contribution in [3.63, 3.8) is 0 Å². The minimum atomic E-state index is 0.0258. The van der Waals surface area contributed by atoms with Crippen LogP contribution >= 0.6 is 11.3 Å². The quantitative estimate of drug-likeness (QED) is 0.685. The van der Waals surface area contributed by atoms with Crippen LogP contribution in [-0.4, -0.2) is 43.0 Å². The number of nitrogens with one attached hydrogen (secondary N) is 2. The molecular weight excluding hydrogens is 320 g/mol. The molecule has 130 valence electrons. The van der Waals surface area contributed by atoms with E-state index in [1.165, 1.54) is 16.9 Å². The lowest BCUT2D eigenvalue weighted by Crippen LogP contribution is -2.28. The van der Waals surface area contributed by atoms with Gasteiger partial charge in [0, 0.05) is 17.6 Å². The Kier molecular flexibility index (Phi) is 7.21. The zero-order valence-corrected chi connectivity index (χ0v) is 15.4. The van der Waals surface area contributed by atoms with E-state index in [0.717, 1.165) is 35.9 Å². The number of anilines is 2. The molecule has 1 aromatic heterocycles. The van der Waals surface area contributed by atoms with Gasteiger partial charge in [0.1, 0.15) is 0 Å². The Labute approximate surface area is 148 Å². The molecule has 24 heavy (non-hydrogen) atoms. The summed E-state index contributed by atoms with van der Waals surface area (Å²) in [5.74, 6) is 0.0258. The molecule has 1 aromatic carbocycles. The van der Waals surface area contributed by atoms with Crippen LogP contribution in [0.5, 0.6) is 0 Å². The number of benzene rings is 1. The van der Waals surface area contributed by atoms with Gasteiger partial charge in [-0.05, 0) is 51.2 Å². The fourth-order valence-corrected chi connectivity index (χ4v) is 2.97. The fourth-order valence-electron chi connectivity index (χ4n) is 2.24. The standard InChI is InChI=1S/C18H26N4OS/c1-4-14-6-8-15(9-7-14)20-18-21-16(13-24-18)12-17(23)19-10-5-11-22(2)3/h6-9,13H,4-5,10-12H2,1-3H3,(H,19,23)(H,20,21). The largest absolute Gasteiger partial charge is 0.356 e. The molecule has 0 aliphatic heterocycles. The first-order valence-electron chi connectivity index (χ1n) is 8.28. The molecule has 1 amide bonds. The van der Waals surface area contributed by atoms with Gasteiger partial charge in [-0.2, -0.15) is 0 Å². The van der Waals surface area contributed by atoms with E-state index in [1.807, 2.05) is 19.5 Å². The van der Waals surface area contributed by atoms with Crippen molar-refractivity contribution in [1.82, 2.24) is 15.2 Å². The number of aromatic nitrogens is 1. The lowest BCUT2D eigenvalue weighted by Gasteiger charge is -2.09. The van der Waals surface area contributed by atoms with Gasteiger partial charge in [-0.3, -0.25) is 4.79 Å². The Morgan fingerprint density at radius 3 is 2.67 bits per heavy atom. The molecule has 0 atom stereocenters. The second-order valence-corrected chi connectivity index (χ2v) is 6.86. The molecule has 2 rings (SSSR count). The van der Waals surface area contributed by atoms with Crippen molar-refractivity contribution < 1.29 is 4.79 Å². The maximum Gasteiger partial charge on any atom is 0.226 e. The van der Waals surface area contributed by atoms with Gasteiger partial charge in [0.05, 0.1) is 12.1 Å². The van der Waals surface area contributed by atoms with Crippen molar-refractivity contribution in [3.8, 4) is 0 Å². The van der Waals surface area contributed by atoms with E-state index < -0.39 is 0 Å². The molecule has 6 heteroatoms. The lowest BCUT2D eigenvalue weighted by molar-refractivity contribution is -0.120. The number of thiazole rings is 1. The zero-order chi connectivity index (χ0) is 17.4. The van der Waals surface area contributed by atoms with Crippen LogP contribution in [-0.2, 0) is 17.6 Å². The molecule has 0 fully saturated rings. The molecule has 2 N–H and O–H groups in total. The molecule has 1 heterocycles. The molecule has 5 nitrogen and oxygen atoms in total. The molecule has 0 saturated heterocycles. The van der Waals surface area contributed by atoms with Crippen LogP contribution in [0.3, 0.4) is 0 Å². The summed E-state index contributed by atoms with van der Waals surface area (Å²) in [6, 6.07) is 8.32. The number of carbonyl (C=O) groups excluding carboxylic acids is 1. The smallest absolute Gasteiger partial charge is 0.226 e. The van der Waals surface area contributed by atoms with E-state index in [4.69, 9.17) is 0 Å². The van der Waals surface area contributed by atoms with Crippen molar-refractivity contribution in [2.24, 2.45) is 0 Å². The zero-order valence-electron chi connectivity index (χ0n) is 14.6. The molecule has 2 aromatic rings. The number of hydrogen-bond acceptors (Lipinski definition) is 5. The minimum absolute atomic E-state index is 0.0258. The number of aryl methyl sites for hydroxylation is 1. The van der Waals surface area contributed by atoms with Crippen LogP contribution in [0.15, 0.2) is 29.6 Å². The average molecular weight is 346 g/mol. The molecule has 0 bridgehead atoms. The Hall–Kier alpha value is -1.92. The number of carbonyl (C=O) groups is 1. The van der Waals surface area contributed by atoms with Gasteiger partial charge < -0.3 is 15.5 Å². The molecule has 0 radical (unpaired) electrons. The Bertz CT molecular complexity index is 637. The highest BCUT2D eigenvalue weighted by atomic mass is 32.1. The van der Waals surface area contributed by atoms with Gasteiger partial charge in [-0.25, -0.2) is 4.98 Å². The predicted molar refractivity (Wildman–Crippen MR) is 101 cm³/mol. The highest BCUT2D eigenvalue weighted by Crippen LogP contribution is 2.21.